The standard InChI is InChI=1S/C9H13Br3/c10-8-6-4-2-1-3-5-7(8)9(8,11)12/h7H,1-6H2. The summed E-state index contributed by atoms with van der Waals surface area (Å²) in [6, 6.07) is 0. The van der Waals surface area contributed by atoms with Gasteiger partial charge in [0.05, 0.1) is 4.32 Å². The van der Waals surface area contributed by atoms with Crippen LogP contribution in [-0.4, -0.2) is 7.56 Å². The molecule has 0 aliphatic heterocycles. The van der Waals surface area contributed by atoms with Gasteiger partial charge in [-0.2, -0.15) is 0 Å². The third-order valence-corrected chi connectivity index (χ3v) is 8.40. The van der Waals surface area contributed by atoms with Crippen molar-refractivity contribution in [2.45, 2.75) is 46.1 Å². The van der Waals surface area contributed by atoms with Crippen molar-refractivity contribution in [2.24, 2.45) is 5.92 Å². The molecule has 2 saturated carbocycles. The maximum absolute atomic E-state index is 3.88. The van der Waals surface area contributed by atoms with Gasteiger partial charge in [0, 0.05) is 5.92 Å². The average molecular weight is 361 g/mol. The minimum atomic E-state index is 0.206. The fourth-order valence-corrected chi connectivity index (χ4v) is 5.92. The van der Waals surface area contributed by atoms with Gasteiger partial charge in [-0.1, -0.05) is 73.5 Å². The summed E-state index contributed by atoms with van der Waals surface area (Å²) in [6.07, 6.45) is 8.29. The second kappa shape index (κ2) is 3.23. The highest BCUT2D eigenvalue weighted by Crippen LogP contribution is 2.73. The normalized spacial score (nSPS) is 45.8. The largest absolute Gasteiger partial charge is 0.100 e. The van der Waals surface area contributed by atoms with E-state index in [0.29, 0.717) is 4.32 Å². The molecule has 2 aliphatic rings. The van der Waals surface area contributed by atoms with Crippen molar-refractivity contribution >= 4 is 47.8 Å². The van der Waals surface area contributed by atoms with Gasteiger partial charge in [-0.15, -0.1) is 0 Å². The Morgan fingerprint density at radius 3 is 2.33 bits per heavy atom. The fourth-order valence-electron chi connectivity index (χ4n) is 2.33. The Bertz CT molecular complexity index is 190. The zero-order valence-corrected chi connectivity index (χ0v) is 11.7. The summed E-state index contributed by atoms with van der Waals surface area (Å²) >= 11 is 11.4. The molecule has 0 aromatic heterocycles. The van der Waals surface area contributed by atoms with Crippen molar-refractivity contribution < 1.29 is 0 Å². The summed E-state index contributed by atoms with van der Waals surface area (Å²) in [7, 11) is 0. The highest BCUT2D eigenvalue weighted by molar-refractivity contribution is 9.26. The Morgan fingerprint density at radius 2 is 1.58 bits per heavy atom. The molecule has 0 N–H and O–H groups in total. The molecule has 2 atom stereocenters. The van der Waals surface area contributed by atoms with Crippen LogP contribution in [0.5, 0.6) is 0 Å². The summed E-state index contributed by atoms with van der Waals surface area (Å²) in [5, 5.41) is 0. The van der Waals surface area contributed by atoms with Gasteiger partial charge in [-0.3, -0.25) is 0 Å². The molecule has 0 aromatic rings. The van der Waals surface area contributed by atoms with E-state index in [2.05, 4.69) is 47.8 Å². The smallest absolute Gasteiger partial charge is 0.0825 e. The van der Waals surface area contributed by atoms with E-state index in [9.17, 15) is 0 Å². The first-order valence-corrected chi connectivity index (χ1v) is 7.04. The minimum Gasteiger partial charge on any atom is -0.0825 e. The fraction of sp³-hybridized carbons (Fsp3) is 1.00. The molecule has 0 bridgehead atoms. The van der Waals surface area contributed by atoms with E-state index in [1.165, 1.54) is 38.5 Å². The maximum atomic E-state index is 3.88. The quantitative estimate of drug-likeness (QED) is 0.554. The number of hydrogen-bond donors (Lipinski definition) is 0. The molecule has 2 unspecified atom stereocenters. The summed E-state index contributed by atoms with van der Waals surface area (Å²) in [5.74, 6) is 0.797. The van der Waals surface area contributed by atoms with Crippen LogP contribution in [0.3, 0.4) is 0 Å². The summed E-state index contributed by atoms with van der Waals surface area (Å²) in [6.45, 7) is 0. The molecule has 0 heterocycles. The lowest BCUT2D eigenvalue weighted by atomic mass is 10.0. The molecule has 0 saturated heterocycles. The van der Waals surface area contributed by atoms with Gasteiger partial charge in [-0.05, 0) is 12.8 Å². The first kappa shape index (κ1) is 9.97. The number of rotatable bonds is 0. The third-order valence-electron chi connectivity index (χ3n) is 3.24. The molecular formula is C9H13Br3. The van der Waals surface area contributed by atoms with Gasteiger partial charge in [0.25, 0.3) is 0 Å². The van der Waals surface area contributed by atoms with E-state index in [4.69, 9.17) is 0 Å². The molecule has 12 heavy (non-hydrogen) atoms. The molecule has 0 aromatic carbocycles. The number of halogens is 3. The molecule has 0 spiro atoms. The van der Waals surface area contributed by atoms with E-state index in [-0.39, 0.29) is 3.23 Å². The highest BCUT2D eigenvalue weighted by atomic mass is 79.9. The van der Waals surface area contributed by atoms with Crippen molar-refractivity contribution in [3.05, 3.63) is 0 Å². The Kier molecular flexibility index (Phi) is 2.69. The number of hydrogen-bond acceptors (Lipinski definition) is 0. The Labute approximate surface area is 99.2 Å². The Morgan fingerprint density at radius 1 is 0.917 bits per heavy atom. The van der Waals surface area contributed by atoms with Gasteiger partial charge in [0.15, 0.2) is 0 Å². The molecule has 2 rings (SSSR count). The number of alkyl halides is 3. The first-order valence-electron chi connectivity index (χ1n) is 4.66. The number of fused-ring (bicyclic) bond motifs is 1. The molecule has 0 amide bonds. The third kappa shape index (κ3) is 1.35. The summed E-state index contributed by atoms with van der Waals surface area (Å²) in [4.78, 5) is 0. The topological polar surface area (TPSA) is 0 Å². The van der Waals surface area contributed by atoms with E-state index >= 15 is 0 Å². The van der Waals surface area contributed by atoms with Crippen molar-refractivity contribution in [3.8, 4) is 0 Å². The predicted octanol–water partition coefficient (Wildman–Crippen LogP) is 4.59. The molecule has 0 nitrogen and oxygen atoms in total. The van der Waals surface area contributed by atoms with Crippen molar-refractivity contribution in [2.75, 3.05) is 0 Å². The van der Waals surface area contributed by atoms with Crippen LogP contribution in [0.1, 0.15) is 38.5 Å². The van der Waals surface area contributed by atoms with Gasteiger partial charge in [0.1, 0.15) is 3.23 Å². The van der Waals surface area contributed by atoms with Crippen LogP contribution in [0, 0.1) is 5.92 Å². The van der Waals surface area contributed by atoms with E-state index in [1.54, 1.807) is 0 Å². The zero-order valence-electron chi connectivity index (χ0n) is 6.95. The predicted molar refractivity (Wildman–Crippen MR) is 63.4 cm³/mol. The maximum Gasteiger partial charge on any atom is 0.100 e. The van der Waals surface area contributed by atoms with Crippen LogP contribution in [0.15, 0.2) is 0 Å². The second-order valence-corrected chi connectivity index (χ2v) is 8.97. The van der Waals surface area contributed by atoms with Crippen LogP contribution in [0.4, 0.5) is 0 Å². The van der Waals surface area contributed by atoms with Crippen molar-refractivity contribution in [1.29, 1.82) is 0 Å². The molecule has 0 radical (unpaired) electrons. The summed E-state index contributed by atoms with van der Waals surface area (Å²) < 4.78 is 0.567. The van der Waals surface area contributed by atoms with Crippen LogP contribution in [-0.2, 0) is 0 Å². The van der Waals surface area contributed by atoms with E-state index < -0.39 is 0 Å². The SMILES string of the molecule is BrC1(Br)C2CCCCCCC21Br. The lowest BCUT2D eigenvalue weighted by molar-refractivity contribution is 0.507. The zero-order chi connectivity index (χ0) is 8.82. The Hall–Kier alpha value is 1.44. The van der Waals surface area contributed by atoms with Crippen LogP contribution in [0.25, 0.3) is 0 Å². The second-order valence-electron chi connectivity index (χ2n) is 3.99. The highest BCUT2D eigenvalue weighted by Gasteiger charge is 2.72. The van der Waals surface area contributed by atoms with Gasteiger partial charge in [-0.25, -0.2) is 0 Å². The van der Waals surface area contributed by atoms with E-state index in [0.717, 1.165) is 5.92 Å². The van der Waals surface area contributed by atoms with Crippen molar-refractivity contribution in [3.63, 3.8) is 0 Å². The molecule has 3 heteroatoms. The van der Waals surface area contributed by atoms with Gasteiger partial charge < -0.3 is 0 Å². The van der Waals surface area contributed by atoms with E-state index in [1.807, 2.05) is 0 Å². The molecular weight excluding hydrogens is 348 g/mol. The van der Waals surface area contributed by atoms with Gasteiger partial charge in [0.2, 0.25) is 0 Å². The minimum absolute atomic E-state index is 0.206. The van der Waals surface area contributed by atoms with Crippen LogP contribution in [0.2, 0.25) is 0 Å². The Balaban J connectivity index is 2.09. The lowest BCUT2D eigenvalue weighted by Gasteiger charge is -2.12. The monoisotopic (exact) mass is 358 g/mol. The molecule has 2 fully saturated rings. The molecule has 70 valence electrons. The van der Waals surface area contributed by atoms with Gasteiger partial charge >= 0.3 is 0 Å². The van der Waals surface area contributed by atoms with Crippen LogP contribution >= 0.6 is 47.8 Å². The molecule has 2 aliphatic carbocycles. The lowest BCUT2D eigenvalue weighted by Crippen LogP contribution is -2.08. The summed E-state index contributed by atoms with van der Waals surface area (Å²) in [5.41, 5.74) is 0. The first-order chi connectivity index (χ1) is 5.59. The van der Waals surface area contributed by atoms with Crippen molar-refractivity contribution in [1.82, 2.24) is 0 Å². The van der Waals surface area contributed by atoms with Crippen LogP contribution < -0.4 is 0 Å². The average Bonchev–Trinajstić information content (AvgIpc) is 2.32.